The van der Waals surface area contributed by atoms with Crippen molar-refractivity contribution >= 4 is 35.0 Å². The van der Waals surface area contributed by atoms with Crippen molar-refractivity contribution < 1.29 is 9.59 Å². The molecule has 0 spiro atoms. The summed E-state index contributed by atoms with van der Waals surface area (Å²) in [5.74, 6) is -1.39. The maximum Gasteiger partial charge on any atom is 0.306 e. The maximum atomic E-state index is 10.5. The van der Waals surface area contributed by atoms with Crippen molar-refractivity contribution in [3.8, 4) is 0 Å². The van der Waals surface area contributed by atoms with Gasteiger partial charge < -0.3 is 0 Å². The summed E-state index contributed by atoms with van der Waals surface area (Å²) < 4.78 is 0. The van der Waals surface area contributed by atoms with Gasteiger partial charge in [0, 0.05) is 0 Å². The lowest BCUT2D eigenvalue weighted by Crippen LogP contribution is -2.40. The Kier molecular flexibility index (Phi) is 1.82. The van der Waals surface area contributed by atoms with Crippen LogP contribution in [0.25, 0.3) is 0 Å². The lowest BCUT2D eigenvalue weighted by molar-refractivity contribution is -0.126. The van der Waals surface area contributed by atoms with Crippen molar-refractivity contribution in [1.29, 1.82) is 0 Å². The monoisotopic (exact) mass is 179 g/mol. The van der Waals surface area contributed by atoms with Crippen molar-refractivity contribution in [3.05, 3.63) is 10.1 Å². The van der Waals surface area contributed by atoms with Crippen molar-refractivity contribution in [2.75, 3.05) is 0 Å². The van der Waals surface area contributed by atoms with Crippen molar-refractivity contribution in [2.24, 2.45) is 0 Å². The van der Waals surface area contributed by atoms with Gasteiger partial charge >= 0.3 is 5.91 Å². The fourth-order valence-corrected chi connectivity index (χ4v) is 0.644. The van der Waals surface area contributed by atoms with Crippen LogP contribution < -0.4 is 10.9 Å². The summed E-state index contributed by atoms with van der Waals surface area (Å²) in [7, 11) is 0. The van der Waals surface area contributed by atoms with Crippen LogP contribution in [0.2, 0.25) is 0 Å². The maximum absolute atomic E-state index is 10.5. The summed E-state index contributed by atoms with van der Waals surface area (Å²) in [5.41, 5.74) is 4.90. The SMILES string of the molecule is O=C1[N]NC(=O)C(Cl)=C1Cl. The van der Waals surface area contributed by atoms with E-state index >= 15 is 0 Å². The summed E-state index contributed by atoms with van der Waals surface area (Å²) >= 11 is 10.5. The molecule has 6 heteroatoms. The summed E-state index contributed by atoms with van der Waals surface area (Å²) in [6.07, 6.45) is 0. The third-order valence-corrected chi connectivity index (χ3v) is 1.65. The summed E-state index contributed by atoms with van der Waals surface area (Å²) in [4.78, 5) is 21.0. The van der Waals surface area contributed by atoms with Gasteiger partial charge in [0.25, 0.3) is 5.91 Å². The van der Waals surface area contributed by atoms with Gasteiger partial charge in [-0.05, 0) is 0 Å². The van der Waals surface area contributed by atoms with Gasteiger partial charge in [0.2, 0.25) is 0 Å². The topological polar surface area (TPSA) is 60.3 Å². The Balaban J connectivity index is 3.03. The summed E-state index contributed by atoms with van der Waals surface area (Å²) in [5, 5.41) is -0.660. The van der Waals surface area contributed by atoms with E-state index in [1.54, 1.807) is 0 Å². The lowest BCUT2D eigenvalue weighted by atomic mass is 10.4. The van der Waals surface area contributed by atoms with E-state index in [1.807, 2.05) is 5.43 Å². The number of hydrogen-bond acceptors (Lipinski definition) is 2. The second-order valence-corrected chi connectivity index (χ2v) is 2.24. The average molecular weight is 180 g/mol. The van der Waals surface area contributed by atoms with Crippen LogP contribution in [0.15, 0.2) is 10.1 Å². The van der Waals surface area contributed by atoms with Crippen LogP contribution in [0.1, 0.15) is 0 Å². The van der Waals surface area contributed by atoms with E-state index in [0.717, 1.165) is 0 Å². The van der Waals surface area contributed by atoms with Gasteiger partial charge in [-0.1, -0.05) is 23.2 Å². The van der Waals surface area contributed by atoms with Crippen LogP contribution in [0.5, 0.6) is 0 Å². The van der Waals surface area contributed by atoms with Crippen LogP contribution in [0.3, 0.4) is 0 Å². The zero-order valence-electron chi connectivity index (χ0n) is 4.52. The average Bonchev–Trinajstić information content (AvgIpc) is 1.93. The lowest BCUT2D eigenvalue weighted by Gasteiger charge is -2.08. The van der Waals surface area contributed by atoms with E-state index in [4.69, 9.17) is 23.2 Å². The van der Waals surface area contributed by atoms with Gasteiger partial charge in [0.1, 0.15) is 10.1 Å². The molecule has 2 amide bonds. The smallest absolute Gasteiger partial charge is 0.266 e. The zero-order chi connectivity index (χ0) is 7.72. The molecular formula is C4HCl2N2O2. The molecule has 0 saturated carbocycles. The largest absolute Gasteiger partial charge is 0.306 e. The molecule has 1 heterocycles. The second-order valence-electron chi connectivity index (χ2n) is 1.49. The van der Waals surface area contributed by atoms with Crippen LogP contribution in [-0.4, -0.2) is 11.8 Å². The third kappa shape index (κ3) is 1.08. The molecule has 0 aromatic carbocycles. The number of nitrogens with zero attached hydrogens (tertiary/aromatic N) is 1. The normalized spacial score (nSPS) is 18.6. The summed E-state index contributed by atoms with van der Waals surface area (Å²) in [6.45, 7) is 0. The van der Waals surface area contributed by atoms with Gasteiger partial charge in [-0.25, -0.2) is 5.43 Å². The quantitative estimate of drug-likeness (QED) is 0.563. The first-order valence-corrected chi connectivity index (χ1v) is 2.99. The number of nitrogens with one attached hydrogen (secondary N) is 1. The van der Waals surface area contributed by atoms with E-state index in [-0.39, 0.29) is 10.1 Å². The minimum Gasteiger partial charge on any atom is -0.266 e. The zero-order valence-corrected chi connectivity index (χ0v) is 6.03. The van der Waals surface area contributed by atoms with E-state index in [9.17, 15) is 9.59 Å². The Hall–Kier alpha value is -0.740. The number of carbonyl (C=O) groups excluding carboxylic acids is 2. The molecule has 1 N–H and O–H groups in total. The molecule has 0 atom stereocenters. The van der Waals surface area contributed by atoms with Crippen LogP contribution in [0, 0.1) is 0 Å². The molecule has 1 aliphatic rings. The molecule has 0 aliphatic carbocycles. The molecule has 1 aliphatic heterocycles. The molecule has 53 valence electrons. The molecule has 1 radical (unpaired) electrons. The molecule has 0 fully saturated rings. The molecule has 0 aromatic rings. The van der Waals surface area contributed by atoms with Gasteiger partial charge in [-0.15, -0.1) is 5.43 Å². The molecule has 0 aromatic heterocycles. The number of halogens is 2. The van der Waals surface area contributed by atoms with E-state index in [1.165, 1.54) is 0 Å². The Bertz CT molecular complexity index is 211. The van der Waals surface area contributed by atoms with Crippen LogP contribution in [0.4, 0.5) is 0 Å². The fraction of sp³-hybridized carbons (Fsp3) is 0. The Morgan fingerprint density at radius 3 is 2.30 bits per heavy atom. The molecule has 1 rings (SSSR count). The molecule has 0 unspecified atom stereocenters. The van der Waals surface area contributed by atoms with Crippen molar-refractivity contribution in [1.82, 2.24) is 10.9 Å². The van der Waals surface area contributed by atoms with Crippen LogP contribution in [-0.2, 0) is 9.59 Å². The van der Waals surface area contributed by atoms with Crippen molar-refractivity contribution in [3.63, 3.8) is 0 Å². The van der Waals surface area contributed by atoms with E-state index in [0.29, 0.717) is 0 Å². The van der Waals surface area contributed by atoms with Gasteiger partial charge in [-0.2, -0.15) is 0 Å². The van der Waals surface area contributed by atoms with Crippen LogP contribution >= 0.6 is 23.2 Å². The molecule has 0 saturated heterocycles. The highest BCUT2D eigenvalue weighted by atomic mass is 35.5. The highest BCUT2D eigenvalue weighted by Gasteiger charge is 2.24. The first-order chi connectivity index (χ1) is 4.63. The fourth-order valence-electron chi connectivity index (χ4n) is 0.393. The number of rotatable bonds is 0. The number of amides is 2. The second kappa shape index (κ2) is 2.48. The van der Waals surface area contributed by atoms with Gasteiger partial charge in [0.15, 0.2) is 0 Å². The molecule has 4 nitrogen and oxygen atoms in total. The highest BCUT2D eigenvalue weighted by Crippen LogP contribution is 2.16. The third-order valence-electron chi connectivity index (χ3n) is 0.839. The van der Waals surface area contributed by atoms with Crippen molar-refractivity contribution in [2.45, 2.75) is 0 Å². The molecule has 10 heavy (non-hydrogen) atoms. The Morgan fingerprint density at radius 2 is 1.80 bits per heavy atom. The Morgan fingerprint density at radius 1 is 1.20 bits per heavy atom. The van der Waals surface area contributed by atoms with E-state index < -0.39 is 11.8 Å². The molecular weight excluding hydrogens is 179 g/mol. The number of hydrogen-bond donors (Lipinski definition) is 1. The highest BCUT2D eigenvalue weighted by molar-refractivity contribution is 6.54. The predicted molar refractivity (Wildman–Crippen MR) is 34.0 cm³/mol. The number of carbonyl (C=O) groups is 2. The first kappa shape index (κ1) is 7.37. The van der Waals surface area contributed by atoms with Gasteiger partial charge in [0.05, 0.1) is 0 Å². The summed E-state index contributed by atoms with van der Waals surface area (Å²) in [6, 6.07) is 0. The predicted octanol–water partition coefficient (Wildman–Crippen LogP) is -0.149. The first-order valence-electron chi connectivity index (χ1n) is 2.23. The standard InChI is InChI=1S/C4HCl2N2O2/c5-1-2(6)4(10)8-7-3(1)9/h(H,7,9). The van der Waals surface area contributed by atoms with Gasteiger partial charge in [-0.3, -0.25) is 9.59 Å². The molecule has 0 bridgehead atoms. The van der Waals surface area contributed by atoms with E-state index in [2.05, 4.69) is 5.43 Å². The Labute approximate surface area is 66.1 Å². The minimum absolute atomic E-state index is 0.318. The minimum atomic E-state index is -0.730.